The van der Waals surface area contributed by atoms with Crippen LogP contribution in [0.4, 0.5) is 4.39 Å². The van der Waals surface area contributed by atoms with Gasteiger partial charge in [0.1, 0.15) is 6.61 Å². The quantitative estimate of drug-likeness (QED) is 0.907. The van der Waals surface area contributed by atoms with Crippen LogP contribution in [-0.2, 0) is 6.61 Å². The molecule has 0 bridgehead atoms. The molecular weight excluding hydrogens is 261 g/mol. The van der Waals surface area contributed by atoms with E-state index in [1.54, 1.807) is 18.2 Å². The number of aromatic nitrogens is 1. The van der Waals surface area contributed by atoms with Crippen molar-refractivity contribution in [1.29, 1.82) is 0 Å². The predicted octanol–water partition coefficient (Wildman–Crippen LogP) is 3.50. The van der Waals surface area contributed by atoms with Gasteiger partial charge < -0.3 is 9.72 Å². The van der Waals surface area contributed by atoms with Gasteiger partial charge in [-0.25, -0.2) is 4.39 Å². The Hall–Kier alpha value is -1.29. The minimum atomic E-state index is -0.341. The maximum Gasteiger partial charge on any atom is 0.165 e. The fourth-order valence-corrected chi connectivity index (χ4v) is 1.62. The lowest BCUT2D eigenvalue weighted by molar-refractivity contribution is 0.290. The van der Waals surface area contributed by atoms with E-state index in [1.807, 2.05) is 12.3 Å². The molecule has 2 nitrogen and oxygen atoms in total. The Labute approximate surface area is 95.2 Å². The van der Waals surface area contributed by atoms with E-state index in [-0.39, 0.29) is 11.6 Å². The number of aromatic amines is 1. The monoisotopic (exact) mass is 269 g/mol. The molecule has 1 heterocycles. The van der Waals surface area contributed by atoms with Crippen molar-refractivity contribution in [2.75, 3.05) is 0 Å². The first-order valence-electron chi connectivity index (χ1n) is 4.46. The highest BCUT2D eigenvalue weighted by atomic mass is 79.9. The van der Waals surface area contributed by atoms with Gasteiger partial charge in [-0.05, 0) is 34.1 Å². The molecule has 0 aliphatic rings. The topological polar surface area (TPSA) is 25.0 Å². The molecule has 4 heteroatoms. The van der Waals surface area contributed by atoms with Crippen LogP contribution >= 0.6 is 15.9 Å². The lowest BCUT2D eigenvalue weighted by atomic mass is 10.3. The molecule has 0 unspecified atom stereocenters. The molecule has 0 spiro atoms. The van der Waals surface area contributed by atoms with Gasteiger partial charge in [-0.3, -0.25) is 0 Å². The summed E-state index contributed by atoms with van der Waals surface area (Å²) in [6, 6.07) is 8.25. The smallest absolute Gasteiger partial charge is 0.165 e. The SMILES string of the molecule is Fc1ccccc1OCc1c[nH]c(Br)c1. The van der Waals surface area contributed by atoms with E-state index in [4.69, 9.17) is 4.74 Å². The van der Waals surface area contributed by atoms with Crippen LogP contribution in [0, 0.1) is 5.82 Å². The third-order valence-electron chi connectivity index (χ3n) is 1.94. The number of hydrogen-bond acceptors (Lipinski definition) is 1. The normalized spacial score (nSPS) is 10.3. The minimum Gasteiger partial charge on any atom is -0.486 e. The zero-order valence-corrected chi connectivity index (χ0v) is 9.42. The van der Waals surface area contributed by atoms with Crippen molar-refractivity contribution in [2.24, 2.45) is 0 Å². The van der Waals surface area contributed by atoms with Crippen molar-refractivity contribution in [3.8, 4) is 5.75 Å². The number of ether oxygens (including phenoxy) is 1. The molecule has 0 atom stereocenters. The van der Waals surface area contributed by atoms with Gasteiger partial charge in [-0.2, -0.15) is 0 Å². The minimum absolute atomic E-state index is 0.273. The fourth-order valence-electron chi connectivity index (χ4n) is 1.21. The number of benzene rings is 1. The summed E-state index contributed by atoms with van der Waals surface area (Å²) < 4.78 is 19.4. The predicted molar refractivity (Wildman–Crippen MR) is 59.2 cm³/mol. The maximum absolute atomic E-state index is 13.2. The van der Waals surface area contributed by atoms with E-state index >= 15 is 0 Å². The second-order valence-corrected chi connectivity index (χ2v) is 3.93. The number of hydrogen-bond donors (Lipinski definition) is 1. The van der Waals surface area contributed by atoms with E-state index in [0.29, 0.717) is 6.61 Å². The van der Waals surface area contributed by atoms with Crippen LogP contribution in [0.5, 0.6) is 5.75 Å². The van der Waals surface area contributed by atoms with Crippen LogP contribution in [0.15, 0.2) is 41.1 Å². The molecule has 1 N–H and O–H groups in total. The van der Waals surface area contributed by atoms with E-state index in [2.05, 4.69) is 20.9 Å². The zero-order chi connectivity index (χ0) is 10.7. The van der Waals surface area contributed by atoms with E-state index in [1.165, 1.54) is 6.07 Å². The fraction of sp³-hybridized carbons (Fsp3) is 0.0909. The van der Waals surface area contributed by atoms with Gasteiger partial charge in [0.15, 0.2) is 11.6 Å². The summed E-state index contributed by atoms with van der Waals surface area (Å²) in [4.78, 5) is 2.96. The van der Waals surface area contributed by atoms with Crippen molar-refractivity contribution in [1.82, 2.24) is 4.98 Å². The highest BCUT2D eigenvalue weighted by Gasteiger charge is 2.02. The largest absolute Gasteiger partial charge is 0.486 e. The van der Waals surface area contributed by atoms with Crippen LogP contribution in [0.1, 0.15) is 5.56 Å². The molecule has 1 aromatic heterocycles. The zero-order valence-electron chi connectivity index (χ0n) is 7.84. The van der Waals surface area contributed by atoms with Crippen molar-refractivity contribution in [2.45, 2.75) is 6.61 Å². The number of nitrogens with one attached hydrogen (secondary N) is 1. The Bertz CT molecular complexity index is 455. The Morgan fingerprint density at radius 3 is 2.80 bits per heavy atom. The van der Waals surface area contributed by atoms with Crippen LogP contribution < -0.4 is 4.74 Å². The lowest BCUT2D eigenvalue weighted by Crippen LogP contribution is -1.95. The molecule has 0 radical (unpaired) electrons. The molecule has 0 aliphatic carbocycles. The molecule has 0 saturated carbocycles. The van der Waals surface area contributed by atoms with Crippen LogP contribution in [-0.4, -0.2) is 4.98 Å². The molecule has 0 saturated heterocycles. The number of H-pyrrole nitrogens is 1. The van der Waals surface area contributed by atoms with E-state index in [0.717, 1.165) is 10.2 Å². The summed E-state index contributed by atoms with van der Waals surface area (Å²) in [6.45, 7) is 0.350. The Morgan fingerprint density at radius 1 is 1.33 bits per heavy atom. The van der Waals surface area contributed by atoms with E-state index < -0.39 is 0 Å². The average Bonchev–Trinajstić information content (AvgIpc) is 2.63. The van der Waals surface area contributed by atoms with Crippen LogP contribution in [0.3, 0.4) is 0 Å². The highest BCUT2D eigenvalue weighted by molar-refractivity contribution is 9.10. The van der Waals surface area contributed by atoms with Gasteiger partial charge >= 0.3 is 0 Å². The second kappa shape index (κ2) is 4.49. The molecule has 2 rings (SSSR count). The van der Waals surface area contributed by atoms with E-state index in [9.17, 15) is 4.39 Å². The number of para-hydroxylation sites is 1. The molecule has 0 aliphatic heterocycles. The Kier molecular flexibility index (Phi) is 3.06. The lowest BCUT2D eigenvalue weighted by Gasteiger charge is -2.04. The summed E-state index contributed by atoms with van der Waals surface area (Å²) in [5.41, 5.74) is 0.963. The molecule has 0 fully saturated rings. The Morgan fingerprint density at radius 2 is 2.13 bits per heavy atom. The summed E-state index contributed by atoms with van der Waals surface area (Å²) in [5, 5.41) is 0. The summed E-state index contributed by atoms with van der Waals surface area (Å²) >= 11 is 3.29. The highest BCUT2D eigenvalue weighted by Crippen LogP contribution is 2.18. The first-order valence-corrected chi connectivity index (χ1v) is 5.25. The first-order chi connectivity index (χ1) is 7.25. The average molecular weight is 270 g/mol. The molecule has 2 aromatic rings. The standard InChI is InChI=1S/C11H9BrFNO/c12-11-5-8(6-14-11)7-15-10-4-2-1-3-9(10)13/h1-6,14H,7H2. The molecule has 1 aromatic carbocycles. The third kappa shape index (κ3) is 2.59. The summed E-state index contributed by atoms with van der Waals surface area (Å²) in [7, 11) is 0. The van der Waals surface area contributed by atoms with Crippen molar-refractivity contribution in [3.05, 3.63) is 52.5 Å². The van der Waals surface area contributed by atoms with Crippen LogP contribution in [0.2, 0.25) is 0 Å². The van der Waals surface area contributed by atoms with Crippen LogP contribution in [0.25, 0.3) is 0 Å². The van der Waals surface area contributed by atoms with Crippen molar-refractivity contribution in [3.63, 3.8) is 0 Å². The maximum atomic E-state index is 13.2. The summed E-state index contributed by atoms with van der Waals surface area (Å²) in [6.07, 6.45) is 1.81. The van der Waals surface area contributed by atoms with Gasteiger partial charge in [-0.15, -0.1) is 0 Å². The van der Waals surface area contributed by atoms with Gasteiger partial charge in [-0.1, -0.05) is 12.1 Å². The summed E-state index contributed by atoms with van der Waals surface area (Å²) in [5.74, 6) is -0.0677. The second-order valence-electron chi connectivity index (χ2n) is 3.07. The van der Waals surface area contributed by atoms with Gasteiger partial charge in [0.25, 0.3) is 0 Å². The molecule has 0 amide bonds. The third-order valence-corrected chi connectivity index (χ3v) is 2.40. The first kappa shape index (κ1) is 10.2. The number of halogens is 2. The van der Waals surface area contributed by atoms with Crippen molar-refractivity contribution < 1.29 is 9.13 Å². The Balaban J connectivity index is 2.02. The molecular formula is C11H9BrFNO. The number of rotatable bonds is 3. The molecule has 78 valence electrons. The van der Waals surface area contributed by atoms with Gasteiger partial charge in [0.2, 0.25) is 0 Å². The van der Waals surface area contributed by atoms with Gasteiger partial charge in [0.05, 0.1) is 4.60 Å². The molecule has 15 heavy (non-hydrogen) atoms. The van der Waals surface area contributed by atoms with Crippen molar-refractivity contribution >= 4 is 15.9 Å². The van der Waals surface area contributed by atoms with Gasteiger partial charge in [0, 0.05) is 11.8 Å².